The predicted octanol–water partition coefficient (Wildman–Crippen LogP) is 2.92. The summed E-state index contributed by atoms with van der Waals surface area (Å²) in [6.45, 7) is 1.94. The first-order valence-electron chi connectivity index (χ1n) is 6.49. The Hall–Kier alpha value is -1.17. The minimum absolute atomic E-state index is 0.144. The Morgan fingerprint density at radius 1 is 1.35 bits per heavy atom. The van der Waals surface area contributed by atoms with Gasteiger partial charge < -0.3 is 0 Å². The second-order valence-corrected chi connectivity index (χ2v) is 6.62. The second-order valence-electron chi connectivity index (χ2n) is 4.56. The van der Waals surface area contributed by atoms with Crippen LogP contribution in [0.2, 0.25) is 0 Å². The Morgan fingerprint density at radius 3 is 2.85 bits per heavy atom. The Balaban J connectivity index is 2.41. The topological polar surface area (TPSA) is 59.1 Å². The van der Waals surface area contributed by atoms with Gasteiger partial charge in [0.25, 0.3) is 0 Å². The maximum Gasteiger partial charge on any atom is 0.241 e. The van der Waals surface area contributed by atoms with Crippen LogP contribution in [0.3, 0.4) is 0 Å². The van der Waals surface area contributed by atoms with E-state index >= 15 is 0 Å². The van der Waals surface area contributed by atoms with Crippen LogP contribution < -0.4 is 4.72 Å². The molecule has 6 heteroatoms. The van der Waals surface area contributed by atoms with E-state index in [2.05, 4.69) is 9.71 Å². The molecule has 1 atom stereocenters. The van der Waals surface area contributed by atoms with Gasteiger partial charge in [0.1, 0.15) is 0 Å². The molecule has 1 heterocycles. The van der Waals surface area contributed by atoms with E-state index in [1.165, 1.54) is 0 Å². The predicted molar refractivity (Wildman–Crippen MR) is 81.5 cm³/mol. The van der Waals surface area contributed by atoms with Crippen molar-refractivity contribution in [2.45, 2.75) is 30.7 Å². The summed E-state index contributed by atoms with van der Waals surface area (Å²) in [5, 5.41) is 1.48. The summed E-state index contributed by atoms with van der Waals surface area (Å²) in [7, 11) is -3.56. The lowest BCUT2D eigenvalue weighted by Crippen LogP contribution is -2.34. The molecule has 0 amide bonds. The number of nitrogens with zero attached hydrogens (tertiary/aromatic N) is 1. The van der Waals surface area contributed by atoms with Crippen LogP contribution in [0, 0.1) is 0 Å². The maximum absolute atomic E-state index is 12.5. The van der Waals surface area contributed by atoms with Crippen LogP contribution in [-0.2, 0) is 10.0 Å². The third-order valence-corrected chi connectivity index (χ3v) is 5.00. The molecule has 0 saturated heterocycles. The fourth-order valence-corrected chi connectivity index (χ4v) is 3.94. The number of sulfonamides is 1. The van der Waals surface area contributed by atoms with Crippen LogP contribution >= 0.6 is 11.6 Å². The third-order valence-electron chi connectivity index (χ3n) is 3.20. The van der Waals surface area contributed by atoms with Gasteiger partial charge in [0.05, 0.1) is 4.90 Å². The molecule has 0 aliphatic heterocycles. The van der Waals surface area contributed by atoms with Crippen molar-refractivity contribution in [3.63, 3.8) is 0 Å². The number of halogens is 1. The van der Waals surface area contributed by atoms with Gasteiger partial charge in [0, 0.05) is 35.1 Å². The molecule has 0 aliphatic rings. The summed E-state index contributed by atoms with van der Waals surface area (Å²) in [5.74, 6) is 0.431. The number of fused-ring (bicyclic) bond motifs is 1. The zero-order chi connectivity index (χ0) is 14.6. The molecule has 2 aromatic rings. The van der Waals surface area contributed by atoms with Crippen molar-refractivity contribution in [2.24, 2.45) is 0 Å². The fraction of sp³-hybridized carbons (Fsp3) is 0.357. The monoisotopic (exact) mass is 312 g/mol. The molecular formula is C14H17ClN2O2S. The van der Waals surface area contributed by atoms with Crippen LogP contribution in [-0.4, -0.2) is 25.3 Å². The molecule has 0 radical (unpaired) electrons. The van der Waals surface area contributed by atoms with Crippen molar-refractivity contribution < 1.29 is 8.42 Å². The summed E-state index contributed by atoms with van der Waals surface area (Å²) in [5.41, 5.74) is 0. The lowest BCUT2D eigenvalue weighted by Gasteiger charge is -2.16. The van der Waals surface area contributed by atoms with Crippen molar-refractivity contribution in [2.75, 3.05) is 5.88 Å². The van der Waals surface area contributed by atoms with Crippen LogP contribution in [0.25, 0.3) is 10.8 Å². The number of rotatable bonds is 6. The van der Waals surface area contributed by atoms with Gasteiger partial charge in [0.15, 0.2) is 0 Å². The van der Waals surface area contributed by atoms with Crippen molar-refractivity contribution in [1.29, 1.82) is 0 Å². The van der Waals surface area contributed by atoms with Crippen LogP contribution in [0.4, 0.5) is 0 Å². The minimum atomic E-state index is -3.56. The van der Waals surface area contributed by atoms with Gasteiger partial charge in [-0.2, -0.15) is 0 Å². The van der Waals surface area contributed by atoms with Gasteiger partial charge in [-0.25, -0.2) is 13.1 Å². The number of hydrogen-bond donors (Lipinski definition) is 1. The van der Waals surface area contributed by atoms with Crippen LogP contribution in [0.5, 0.6) is 0 Å². The van der Waals surface area contributed by atoms with E-state index in [9.17, 15) is 8.42 Å². The number of benzene rings is 1. The highest BCUT2D eigenvalue weighted by molar-refractivity contribution is 7.89. The first-order chi connectivity index (χ1) is 9.58. The van der Waals surface area contributed by atoms with E-state index in [0.717, 1.165) is 5.39 Å². The quantitative estimate of drug-likeness (QED) is 0.834. The highest BCUT2D eigenvalue weighted by Gasteiger charge is 2.20. The number of pyridine rings is 1. The first-order valence-corrected chi connectivity index (χ1v) is 8.51. The Bertz CT molecular complexity index is 683. The maximum atomic E-state index is 12.5. The van der Waals surface area contributed by atoms with Crippen molar-refractivity contribution >= 4 is 32.4 Å². The second kappa shape index (κ2) is 6.52. The van der Waals surface area contributed by atoms with Crippen LogP contribution in [0.15, 0.2) is 41.6 Å². The average molecular weight is 313 g/mol. The van der Waals surface area contributed by atoms with E-state index in [1.807, 2.05) is 13.0 Å². The summed E-state index contributed by atoms with van der Waals surface area (Å²) in [4.78, 5) is 4.29. The van der Waals surface area contributed by atoms with Gasteiger partial charge in [-0.1, -0.05) is 19.1 Å². The molecule has 0 fully saturated rings. The van der Waals surface area contributed by atoms with Gasteiger partial charge in [0.2, 0.25) is 10.0 Å². The molecular weight excluding hydrogens is 296 g/mol. The molecule has 1 unspecified atom stereocenters. The van der Waals surface area contributed by atoms with Gasteiger partial charge in [-0.3, -0.25) is 4.98 Å². The van der Waals surface area contributed by atoms with E-state index in [-0.39, 0.29) is 10.9 Å². The van der Waals surface area contributed by atoms with Gasteiger partial charge >= 0.3 is 0 Å². The number of hydrogen-bond acceptors (Lipinski definition) is 3. The Morgan fingerprint density at radius 2 is 2.15 bits per heavy atom. The smallest absolute Gasteiger partial charge is 0.241 e. The van der Waals surface area contributed by atoms with Gasteiger partial charge in [-0.15, -0.1) is 11.6 Å². The molecule has 1 aromatic carbocycles. The lowest BCUT2D eigenvalue weighted by molar-refractivity contribution is 0.532. The highest BCUT2D eigenvalue weighted by Crippen LogP contribution is 2.22. The SMILES string of the molecule is CCC(CCCl)NS(=O)(=O)c1cccc2cnccc12. The van der Waals surface area contributed by atoms with E-state index in [4.69, 9.17) is 11.6 Å². The molecule has 4 nitrogen and oxygen atoms in total. The highest BCUT2D eigenvalue weighted by atomic mass is 35.5. The van der Waals surface area contributed by atoms with E-state index in [1.54, 1.807) is 30.6 Å². The molecule has 108 valence electrons. The molecule has 20 heavy (non-hydrogen) atoms. The number of alkyl halides is 1. The normalized spacial score (nSPS) is 13.5. The average Bonchev–Trinajstić information content (AvgIpc) is 2.46. The summed E-state index contributed by atoms with van der Waals surface area (Å²) >= 11 is 5.70. The number of nitrogens with one attached hydrogen (secondary N) is 1. The molecule has 2 rings (SSSR count). The lowest BCUT2D eigenvalue weighted by atomic mass is 10.2. The van der Waals surface area contributed by atoms with E-state index < -0.39 is 10.0 Å². The largest absolute Gasteiger partial charge is 0.264 e. The Labute approximate surface area is 124 Å². The standard InChI is InChI=1S/C14H17ClN2O2S/c1-2-12(6-8-15)17-20(18,19)14-5-3-4-11-10-16-9-7-13(11)14/h3-5,7,9-10,12,17H,2,6,8H2,1H3. The summed E-state index contributed by atoms with van der Waals surface area (Å²) in [6, 6.07) is 6.75. The molecule has 0 bridgehead atoms. The summed E-state index contributed by atoms with van der Waals surface area (Å²) < 4.78 is 27.8. The van der Waals surface area contributed by atoms with E-state index in [0.29, 0.717) is 24.1 Å². The fourth-order valence-electron chi connectivity index (χ4n) is 2.09. The third kappa shape index (κ3) is 3.29. The molecule has 0 aliphatic carbocycles. The minimum Gasteiger partial charge on any atom is -0.264 e. The molecule has 0 saturated carbocycles. The zero-order valence-electron chi connectivity index (χ0n) is 11.2. The van der Waals surface area contributed by atoms with Gasteiger partial charge in [-0.05, 0) is 25.0 Å². The number of aromatic nitrogens is 1. The summed E-state index contributed by atoms with van der Waals surface area (Å²) in [6.07, 6.45) is 4.57. The zero-order valence-corrected chi connectivity index (χ0v) is 12.8. The van der Waals surface area contributed by atoms with Crippen molar-refractivity contribution in [3.8, 4) is 0 Å². The molecule has 1 N–H and O–H groups in total. The van der Waals surface area contributed by atoms with Crippen LogP contribution in [0.1, 0.15) is 19.8 Å². The molecule has 1 aromatic heterocycles. The van der Waals surface area contributed by atoms with Crippen molar-refractivity contribution in [1.82, 2.24) is 9.71 Å². The first kappa shape index (κ1) is 15.2. The van der Waals surface area contributed by atoms with Crippen molar-refractivity contribution in [3.05, 3.63) is 36.7 Å². The molecule has 0 spiro atoms. The Kier molecular flexibility index (Phi) is 4.96.